The van der Waals surface area contributed by atoms with Crippen LogP contribution in [0.2, 0.25) is 0 Å². The number of sulfonamides is 1. The van der Waals surface area contributed by atoms with Crippen molar-refractivity contribution < 1.29 is 8.42 Å². The van der Waals surface area contributed by atoms with Crippen LogP contribution in [0.15, 0.2) is 35.8 Å². The van der Waals surface area contributed by atoms with E-state index < -0.39 is 10.0 Å². The Kier molecular flexibility index (Phi) is 7.16. The average Bonchev–Trinajstić information content (AvgIpc) is 3.43. The molecule has 1 saturated heterocycles. The number of rotatable bonds is 9. The maximum absolute atomic E-state index is 12.2. The lowest BCUT2D eigenvalue weighted by Gasteiger charge is -2.30. The summed E-state index contributed by atoms with van der Waals surface area (Å²) in [5.41, 5.74) is 4.99. The van der Waals surface area contributed by atoms with Crippen molar-refractivity contribution in [3.8, 4) is 11.1 Å². The summed E-state index contributed by atoms with van der Waals surface area (Å²) >= 11 is 1.81. The van der Waals surface area contributed by atoms with Gasteiger partial charge in [0.05, 0.1) is 5.75 Å². The first-order valence-corrected chi connectivity index (χ1v) is 13.9. The Morgan fingerprint density at radius 2 is 1.97 bits per heavy atom. The van der Waals surface area contributed by atoms with Crippen molar-refractivity contribution in [1.29, 1.82) is 0 Å². The van der Waals surface area contributed by atoms with Gasteiger partial charge in [0.1, 0.15) is 0 Å². The van der Waals surface area contributed by atoms with E-state index in [1.165, 1.54) is 39.8 Å². The van der Waals surface area contributed by atoms with Crippen molar-refractivity contribution in [2.24, 2.45) is 0 Å². The molecule has 2 N–H and O–H groups in total. The third-order valence-corrected chi connectivity index (χ3v) is 9.18. The third kappa shape index (κ3) is 5.06. The van der Waals surface area contributed by atoms with Gasteiger partial charge in [-0.3, -0.25) is 0 Å². The molecule has 5 nitrogen and oxygen atoms in total. The number of thiophene rings is 1. The molecule has 1 fully saturated rings. The Balaban J connectivity index is 1.49. The average molecular weight is 460 g/mol. The first-order chi connectivity index (χ1) is 15.0. The summed E-state index contributed by atoms with van der Waals surface area (Å²) < 4.78 is 26.0. The lowest BCUT2D eigenvalue weighted by atomic mass is 9.89. The van der Waals surface area contributed by atoms with Crippen molar-refractivity contribution in [3.05, 3.63) is 46.3 Å². The molecule has 0 atom stereocenters. The zero-order chi connectivity index (χ0) is 21.8. The van der Waals surface area contributed by atoms with Gasteiger partial charge in [-0.25, -0.2) is 12.7 Å². The number of benzene rings is 1. The molecule has 3 aromatic rings. The van der Waals surface area contributed by atoms with Gasteiger partial charge in [0.25, 0.3) is 0 Å². The standard InChI is InChI=1S/C24H33N3O2S2/c1-3-5-10-25-15-21-13-20(17-30-21)19-6-7-24-22(14-19)23(16-26-24)18-8-11-27(12-9-18)31(28,29)4-2/h6-7,13-14,16-18,25-26H,3-5,8-12,15H2,1-2H3. The van der Waals surface area contributed by atoms with Crippen molar-refractivity contribution in [2.75, 3.05) is 25.4 Å². The smallest absolute Gasteiger partial charge is 0.213 e. The van der Waals surface area contributed by atoms with E-state index in [4.69, 9.17) is 0 Å². The molecule has 0 amide bonds. The molecular weight excluding hydrogens is 426 g/mol. The maximum Gasteiger partial charge on any atom is 0.213 e. The van der Waals surface area contributed by atoms with Crippen LogP contribution in [0.4, 0.5) is 0 Å². The molecule has 0 radical (unpaired) electrons. The van der Waals surface area contributed by atoms with Crippen LogP contribution in [0.3, 0.4) is 0 Å². The summed E-state index contributed by atoms with van der Waals surface area (Å²) in [6, 6.07) is 8.95. The van der Waals surface area contributed by atoms with Crippen molar-refractivity contribution in [3.63, 3.8) is 0 Å². The van der Waals surface area contributed by atoms with Gasteiger partial charge in [0.2, 0.25) is 10.0 Å². The first kappa shape index (κ1) is 22.5. The SMILES string of the molecule is CCCCNCc1cc(-c2ccc3[nH]cc(C4CCN(S(=O)(=O)CC)CC4)c3c2)cs1. The highest BCUT2D eigenvalue weighted by Crippen LogP contribution is 2.36. The minimum atomic E-state index is -3.09. The molecule has 3 heterocycles. The number of piperidine rings is 1. The molecule has 1 aromatic carbocycles. The van der Waals surface area contributed by atoms with Gasteiger partial charge < -0.3 is 10.3 Å². The van der Waals surface area contributed by atoms with Crippen LogP contribution in [-0.2, 0) is 16.6 Å². The van der Waals surface area contributed by atoms with Gasteiger partial charge in [0, 0.05) is 41.6 Å². The summed E-state index contributed by atoms with van der Waals surface area (Å²) in [5.74, 6) is 0.582. The number of H-pyrrole nitrogens is 1. The summed E-state index contributed by atoms with van der Waals surface area (Å²) in [5, 5.41) is 7.04. The molecule has 2 aromatic heterocycles. The Labute approximate surface area is 189 Å². The van der Waals surface area contributed by atoms with E-state index >= 15 is 0 Å². The number of unbranched alkanes of at least 4 members (excludes halogenated alkanes) is 1. The molecular formula is C24H33N3O2S2. The van der Waals surface area contributed by atoms with Crippen LogP contribution in [0.1, 0.15) is 55.9 Å². The molecule has 0 spiro atoms. The normalized spacial score (nSPS) is 16.3. The van der Waals surface area contributed by atoms with Crippen LogP contribution in [-0.4, -0.2) is 43.1 Å². The second kappa shape index (κ2) is 9.86. The largest absolute Gasteiger partial charge is 0.361 e. The summed E-state index contributed by atoms with van der Waals surface area (Å²) in [4.78, 5) is 4.79. The fraction of sp³-hybridized carbons (Fsp3) is 0.500. The van der Waals surface area contributed by atoms with Crippen LogP contribution in [0.25, 0.3) is 22.0 Å². The quantitative estimate of drug-likeness (QED) is 0.426. The zero-order valence-corrected chi connectivity index (χ0v) is 20.1. The topological polar surface area (TPSA) is 65.2 Å². The third-order valence-electron chi connectivity index (χ3n) is 6.36. The van der Waals surface area contributed by atoms with Crippen LogP contribution in [0.5, 0.6) is 0 Å². The van der Waals surface area contributed by atoms with Crippen LogP contribution < -0.4 is 5.32 Å². The number of aromatic nitrogens is 1. The Morgan fingerprint density at radius 1 is 1.16 bits per heavy atom. The zero-order valence-electron chi connectivity index (χ0n) is 18.5. The Bertz CT molecular complexity index is 1110. The number of aromatic amines is 1. The minimum absolute atomic E-state index is 0.185. The van der Waals surface area contributed by atoms with Gasteiger partial charge >= 0.3 is 0 Å². The highest BCUT2D eigenvalue weighted by atomic mass is 32.2. The summed E-state index contributed by atoms with van der Waals surface area (Å²) in [7, 11) is -3.09. The highest BCUT2D eigenvalue weighted by Gasteiger charge is 2.28. The molecule has 4 rings (SSSR count). The van der Waals surface area contributed by atoms with E-state index in [1.54, 1.807) is 11.2 Å². The second-order valence-corrected chi connectivity index (χ2v) is 11.7. The number of nitrogens with zero attached hydrogens (tertiary/aromatic N) is 1. The predicted molar refractivity (Wildman–Crippen MR) is 131 cm³/mol. The van der Waals surface area contributed by atoms with Crippen molar-refractivity contribution in [2.45, 2.75) is 52.0 Å². The van der Waals surface area contributed by atoms with Crippen molar-refractivity contribution >= 4 is 32.3 Å². The van der Waals surface area contributed by atoms with E-state index in [1.807, 2.05) is 11.3 Å². The Hall–Kier alpha value is -1.67. The fourth-order valence-corrected chi connectivity index (χ4v) is 6.42. The van der Waals surface area contributed by atoms with Gasteiger partial charge in [0.15, 0.2) is 0 Å². The fourth-order valence-electron chi connectivity index (χ4n) is 4.43. The molecule has 7 heteroatoms. The molecule has 0 bridgehead atoms. The molecule has 1 aliphatic rings. The van der Waals surface area contributed by atoms with E-state index in [0.29, 0.717) is 19.0 Å². The van der Waals surface area contributed by atoms with E-state index in [2.05, 4.69) is 53.1 Å². The van der Waals surface area contributed by atoms with E-state index in [-0.39, 0.29) is 5.75 Å². The molecule has 0 aliphatic carbocycles. The second-order valence-electron chi connectivity index (χ2n) is 8.41. The van der Waals surface area contributed by atoms with Gasteiger partial charge in [-0.05, 0) is 78.9 Å². The monoisotopic (exact) mass is 459 g/mol. The van der Waals surface area contributed by atoms with Gasteiger partial charge in [-0.1, -0.05) is 19.4 Å². The molecule has 0 unspecified atom stereocenters. The summed E-state index contributed by atoms with van der Waals surface area (Å²) in [6.45, 7) is 7.17. The molecule has 0 saturated carbocycles. The predicted octanol–water partition coefficient (Wildman–Crippen LogP) is 5.32. The number of hydrogen-bond donors (Lipinski definition) is 2. The molecule has 1 aliphatic heterocycles. The summed E-state index contributed by atoms with van der Waals surface area (Å²) in [6.07, 6.45) is 6.31. The Morgan fingerprint density at radius 3 is 2.71 bits per heavy atom. The van der Waals surface area contributed by atoms with Gasteiger partial charge in [-0.2, -0.15) is 0 Å². The first-order valence-electron chi connectivity index (χ1n) is 11.4. The lowest BCUT2D eigenvalue weighted by molar-refractivity contribution is 0.321. The van der Waals surface area contributed by atoms with E-state index in [0.717, 1.165) is 31.4 Å². The number of hydrogen-bond acceptors (Lipinski definition) is 4. The van der Waals surface area contributed by atoms with Crippen LogP contribution >= 0.6 is 11.3 Å². The maximum atomic E-state index is 12.2. The van der Waals surface area contributed by atoms with E-state index in [9.17, 15) is 8.42 Å². The lowest BCUT2D eigenvalue weighted by Crippen LogP contribution is -2.38. The van der Waals surface area contributed by atoms with Crippen molar-refractivity contribution in [1.82, 2.24) is 14.6 Å². The van der Waals surface area contributed by atoms with Crippen LogP contribution in [0, 0.1) is 0 Å². The number of fused-ring (bicyclic) bond motifs is 1. The molecule has 31 heavy (non-hydrogen) atoms. The number of nitrogens with one attached hydrogen (secondary N) is 2. The highest BCUT2D eigenvalue weighted by molar-refractivity contribution is 7.89. The minimum Gasteiger partial charge on any atom is -0.361 e. The molecule has 168 valence electrons. The van der Waals surface area contributed by atoms with Gasteiger partial charge in [-0.15, -0.1) is 11.3 Å².